The van der Waals surface area contributed by atoms with Gasteiger partial charge in [-0.1, -0.05) is 13.0 Å². The first-order valence-electron chi connectivity index (χ1n) is 8.94. The van der Waals surface area contributed by atoms with Crippen LogP contribution in [0.15, 0.2) is 36.4 Å². The monoisotopic (exact) mass is 417 g/mol. The highest BCUT2D eigenvalue weighted by molar-refractivity contribution is 6.05. The Morgan fingerprint density at radius 3 is 2.23 bits per heavy atom. The van der Waals surface area contributed by atoms with Crippen LogP contribution in [0.25, 0.3) is 0 Å². The highest BCUT2D eigenvalue weighted by atomic mass is 16.6. The van der Waals surface area contributed by atoms with E-state index in [1.807, 2.05) is 6.92 Å². The average Bonchev–Trinajstić information content (AvgIpc) is 2.71. The summed E-state index contributed by atoms with van der Waals surface area (Å²) < 4.78 is 5.58. The Morgan fingerprint density at radius 1 is 1.07 bits per heavy atom. The molecule has 2 aromatic rings. The van der Waals surface area contributed by atoms with E-state index in [1.165, 1.54) is 6.07 Å². The number of carboxylic acid groups (broad SMARTS) is 1. The number of anilines is 1. The van der Waals surface area contributed by atoms with Crippen LogP contribution in [0.3, 0.4) is 0 Å². The summed E-state index contributed by atoms with van der Waals surface area (Å²) in [5.74, 6) is -1.46. The maximum Gasteiger partial charge on any atom is 0.303 e. The fraction of sp³-hybridized carbons (Fsp3) is 0.263. The summed E-state index contributed by atoms with van der Waals surface area (Å²) in [6.45, 7) is 2.25. The lowest BCUT2D eigenvalue weighted by atomic mass is 10.1. The number of carbonyl (C=O) groups excluding carboxylic acids is 1. The molecular formula is C19H19N3O8. The van der Waals surface area contributed by atoms with Crippen LogP contribution in [-0.4, -0.2) is 33.4 Å². The van der Waals surface area contributed by atoms with E-state index in [0.717, 1.165) is 18.2 Å². The summed E-state index contributed by atoms with van der Waals surface area (Å²) in [6.07, 6.45) is 0.805. The topological polar surface area (TPSA) is 162 Å². The summed E-state index contributed by atoms with van der Waals surface area (Å²) in [6, 6.07) is 7.42. The van der Waals surface area contributed by atoms with Crippen molar-refractivity contribution in [1.29, 1.82) is 0 Å². The number of hydrogen-bond donors (Lipinski definition) is 2. The Hall–Kier alpha value is -4.02. The van der Waals surface area contributed by atoms with E-state index in [-0.39, 0.29) is 24.1 Å². The molecule has 0 aliphatic rings. The number of carboxylic acids is 1. The first kappa shape index (κ1) is 22.3. The molecule has 30 heavy (non-hydrogen) atoms. The minimum atomic E-state index is -0.976. The zero-order chi connectivity index (χ0) is 22.3. The number of aryl methyl sites for hydroxylation is 1. The minimum Gasteiger partial charge on any atom is -0.491 e. The van der Waals surface area contributed by atoms with Crippen molar-refractivity contribution >= 4 is 28.9 Å². The fourth-order valence-corrected chi connectivity index (χ4v) is 2.55. The van der Waals surface area contributed by atoms with E-state index in [9.17, 15) is 29.8 Å². The first-order valence-corrected chi connectivity index (χ1v) is 8.94. The molecular weight excluding hydrogens is 398 g/mol. The van der Waals surface area contributed by atoms with Gasteiger partial charge in [-0.2, -0.15) is 0 Å². The van der Waals surface area contributed by atoms with Crippen LogP contribution in [0, 0.1) is 20.2 Å². The lowest BCUT2D eigenvalue weighted by Gasteiger charge is -2.14. The van der Waals surface area contributed by atoms with Crippen LogP contribution < -0.4 is 10.1 Å². The molecule has 2 rings (SSSR count). The van der Waals surface area contributed by atoms with Crippen molar-refractivity contribution in [3.05, 3.63) is 67.8 Å². The Labute approximate surface area is 170 Å². The molecule has 0 fully saturated rings. The standard InChI is InChI=1S/C19H19N3O8/c1-2-7-30-17-5-3-12(4-6-18(23)24)8-16(17)20-19(25)13-9-14(21(26)27)11-15(10-13)22(28)29/h3,5,8-11H,2,4,6-7H2,1H3,(H,20,25)(H,23,24). The molecule has 0 saturated heterocycles. The summed E-state index contributed by atoms with van der Waals surface area (Å²) in [7, 11) is 0. The molecule has 0 saturated carbocycles. The van der Waals surface area contributed by atoms with Gasteiger partial charge in [0.1, 0.15) is 5.75 Å². The SMILES string of the molecule is CCCOc1ccc(CCC(=O)O)cc1NC(=O)c1cc([N+](=O)[O-])cc([N+](=O)[O-])c1. The van der Waals surface area contributed by atoms with Crippen molar-refractivity contribution in [2.75, 3.05) is 11.9 Å². The number of rotatable bonds is 10. The smallest absolute Gasteiger partial charge is 0.303 e. The van der Waals surface area contributed by atoms with Crippen LogP contribution in [-0.2, 0) is 11.2 Å². The van der Waals surface area contributed by atoms with Crippen LogP contribution in [0.1, 0.15) is 35.7 Å². The normalized spacial score (nSPS) is 10.3. The molecule has 11 nitrogen and oxygen atoms in total. The predicted octanol–water partition coefficient (Wildman–Crippen LogP) is 3.56. The number of amides is 1. The molecule has 2 aromatic carbocycles. The Morgan fingerprint density at radius 2 is 1.70 bits per heavy atom. The van der Waals surface area contributed by atoms with Gasteiger partial charge in [0.15, 0.2) is 0 Å². The van der Waals surface area contributed by atoms with Crippen molar-refractivity contribution in [2.24, 2.45) is 0 Å². The summed E-state index contributed by atoms with van der Waals surface area (Å²) in [4.78, 5) is 43.9. The number of nitrogens with one attached hydrogen (secondary N) is 1. The van der Waals surface area contributed by atoms with Crippen molar-refractivity contribution in [3.63, 3.8) is 0 Å². The largest absolute Gasteiger partial charge is 0.491 e. The number of nitro groups is 2. The van der Waals surface area contributed by atoms with E-state index in [1.54, 1.807) is 12.1 Å². The molecule has 1 amide bonds. The van der Waals surface area contributed by atoms with Crippen molar-refractivity contribution in [1.82, 2.24) is 0 Å². The molecule has 11 heteroatoms. The van der Waals surface area contributed by atoms with Crippen LogP contribution in [0.2, 0.25) is 0 Å². The number of ether oxygens (including phenoxy) is 1. The minimum absolute atomic E-state index is 0.111. The van der Waals surface area contributed by atoms with Crippen molar-refractivity contribution < 1.29 is 29.3 Å². The number of benzene rings is 2. The van der Waals surface area contributed by atoms with Crippen LogP contribution in [0.5, 0.6) is 5.75 Å². The molecule has 0 atom stereocenters. The Bertz CT molecular complexity index is 957. The molecule has 0 aliphatic heterocycles. The van der Waals surface area contributed by atoms with Crippen molar-refractivity contribution in [3.8, 4) is 5.75 Å². The second kappa shape index (κ2) is 9.96. The second-order valence-corrected chi connectivity index (χ2v) is 6.28. The van der Waals surface area contributed by atoms with E-state index < -0.39 is 33.1 Å². The van der Waals surface area contributed by atoms with Gasteiger partial charge < -0.3 is 15.2 Å². The molecule has 0 spiro atoms. The first-order chi connectivity index (χ1) is 14.2. The van der Waals surface area contributed by atoms with Gasteiger partial charge >= 0.3 is 5.97 Å². The number of aliphatic carboxylic acids is 1. The molecule has 0 radical (unpaired) electrons. The van der Waals surface area contributed by atoms with Crippen molar-refractivity contribution in [2.45, 2.75) is 26.2 Å². The van der Waals surface area contributed by atoms with Gasteiger partial charge in [-0.15, -0.1) is 0 Å². The van der Waals surface area contributed by atoms with Gasteiger partial charge in [-0.05, 0) is 30.5 Å². The zero-order valence-electron chi connectivity index (χ0n) is 16.0. The van der Waals surface area contributed by atoms with Gasteiger partial charge in [-0.25, -0.2) is 0 Å². The fourth-order valence-electron chi connectivity index (χ4n) is 2.55. The van der Waals surface area contributed by atoms with Crippen LogP contribution in [0.4, 0.5) is 17.1 Å². The number of carbonyl (C=O) groups is 2. The third-order valence-corrected chi connectivity index (χ3v) is 3.97. The Balaban J connectivity index is 2.37. The molecule has 0 unspecified atom stereocenters. The third-order valence-electron chi connectivity index (χ3n) is 3.97. The van der Waals surface area contributed by atoms with Crippen LogP contribution >= 0.6 is 0 Å². The Kier molecular flexibility index (Phi) is 7.39. The lowest BCUT2D eigenvalue weighted by molar-refractivity contribution is -0.394. The highest BCUT2D eigenvalue weighted by Gasteiger charge is 2.21. The van der Waals surface area contributed by atoms with Gasteiger partial charge in [0.25, 0.3) is 17.3 Å². The van der Waals surface area contributed by atoms with Gasteiger partial charge in [-0.3, -0.25) is 29.8 Å². The van der Waals surface area contributed by atoms with E-state index in [0.29, 0.717) is 24.3 Å². The molecule has 0 heterocycles. The summed E-state index contributed by atoms with van der Waals surface area (Å²) >= 11 is 0. The van der Waals surface area contributed by atoms with Gasteiger partial charge in [0.2, 0.25) is 0 Å². The second-order valence-electron chi connectivity index (χ2n) is 6.28. The number of nitrogens with zero attached hydrogens (tertiary/aromatic N) is 2. The van der Waals surface area contributed by atoms with E-state index in [4.69, 9.17) is 9.84 Å². The zero-order valence-corrected chi connectivity index (χ0v) is 16.0. The molecule has 0 aliphatic carbocycles. The maximum atomic E-state index is 12.7. The predicted molar refractivity (Wildman–Crippen MR) is 106 cm³/mol. The molecule has 0 bridgehead atoms. The summed E-state index contributed by atoms with van der Waals surface area (Å²) in [5.41, 5.74) is -0.598. The maximum absolute atomic E-state index is 12.7. The number of nitro benzene ring substituents is 2. The van der Waals surface area contributed by atoms with Gasteiger partial charge in [0.05, 0.1) is 33.8 Å². The molecule has 158 valence electrons. The molecule has 2 N–H and O–H groups in total. The number of hydrogen-bond acceptors (Lipinski definition) is 7. The lowest BCUT2D eigenvalue weighted by Crippen LogP contribution is -2.14. The average molecular weight is 417 g/mol. The highest BCUT2D eigenvalue weighted by Crippen LogP contribution is 2.29. The van der Waals surface area contributed by atoms with E-state index in [2.05, 4.69) is 5.32 Å². The number of non-ortho nitro benzene ring substituents is 2. The summed E-state index contributed by atoms with van der Waals surface area (Å²) in [5, 5.41) is 33.5. The van der Waals surface area contributed by atoms with E-state index >= 15 is 0 Å². The quantitative estimate of drug-likeness (QED) is 0.438. The molecule has 0 aromatic heterocycles. The van der Waals surface area contributed by atoms with Gasteiger partial charge in [0, 0.05) is 18.6 Å². The third kappa shape index (κ3) is 5.99.